The maximum atomic E-state index is 8.70. The van der Waals surface area contributed by atoms with Gasteiger partial charge in [-0.15, -0.1) is 0 Å². The molecular weight excluding hydrogens is 204 g/mol. The molecule has 84 valence electrons. The highest BCUT2D eigenvalue weighted by Crippen LogP contribution is 2.10. The van der Waals surface area contributed by atoms with E-state index in [0.29, 0.717) is 11.4 Å². The van der Waals surface area contributed by atoms with Gasteiger partial charge in [0.25, 0.3) is 0 Å². The smallest absolute Gasteiger partial charge is 0.115 e. The number of phenols is 2. The number of hydrogen-bond acceptors (Lipinski definition) is 4. The number of phenolic OH excluding ortho intramolecular Hbond substituents is 2. The Balaban J connectivity index is 0.000000160. The number of rotatable bonds is 0. The Kier molecular flexibility index (Phi) is 4.03. The minimum Gasteiger partial charge on any atom is -0.508 e. The molecule has 0 aliphatic carbocycles. The molecule has 0 aliphatic heterocycles. The minimum absolute atomic E-state index is 0.249. The molecule has 0 saturated carbocycles. The molecule has 2 rings (SSSR count). The molecule has 0 radical (unpaired) electrons. The zero-order valence-corrected chi connectivity index (χ0v) is 8.67. The molecule has 16 heavy (non-hydrogen) atoms. The van der Waals surface area contributed by atoms with Crippen LogP contribution in [0.25, 0.3) is 0 Å². The van der Waals surface area contributed by atoms with Crippen LogP contribution in [-0.4, -0.2) is 10.2 Å². The van der Waals surface area contributed by atoms with Crippen LogP contribution in [0.5, 0.6) is 11.5 Å². The van der Waals surface area contributed by atoms with Gasteiger partial charge in [0, 0.05) is 11.4 Å². The second kappa shape index (κ2) is 5.50. The highest BCUT2D eigenvalue weighted by Gasteiger charge is 1.83. The summed E-state index contributed by atoms with van der Waals surface area (Å²) in [6.45, 7) is 0. The summed E-state index contributed by atoms with van der Waals surface area (Å²) in [5, 5.41) is 17.4. The van der Waals surface area contributed by atoms with Gasteiger partial charge in [0.05, 0.1) is 0 Å². The van der Waals surface area contributed by atoms with Gasteiger partial charge in [0.2, 0.25) is 0 Å². The molecule has 6 N–H and O–H groups in total. The third-order valence-electron chi connectivity index (χ3n) is 1.79. The fourth-order valence-corrected chi connectivity index (χ4v) is 0.949. The van der Waals surface area contributed by atoms with Crippen LogP contribution in [0.2, 0.25) is 0 Å². The predicted molar refractivity (Wildman–Crippen MR) is 65.0 cm³/mol. The van der Waals surface area contributed by atoms with E-state index in [0.717, 1.165) is 0 Å². The van der Waals surface area contributed by atoms with Gasteiger partial charge in [0.15, 0.2) is 0 Å². The van der Waals surface area contributed by atoms with Crippen molar-refractivity contribution >= 4 is 11.4 Å². The molecule has 2 aromatic rings. The van der Waals surface area contributed by atoms with Crippen molar-refractivity contribution in [1.82, 2.24) is 0 Å². The van der Waals surface area contributed by atoms with Gasteiger partial charge in [-0.25, -0.2) is 0 Å². The van der Waals surface area contributed by atoms with Crippen LogP contribution in [0.1, 0.15) is 0 Å². The molecule has 0 aromatic heterocycles. The zero-order chi connectivity index (χ0) is 12.0. The number of benzene rings is 2. The highest BCUT2D eigenvalue weighted by molar-refractivity contribution is 5.41. The minimum atomic E-state index is 0.249. The molecule has 4 heteroatoms. The van der Waals surface area contributed by atoms with Gasteiger partial charge in [-0.3, -0.25) is 0 Å². The lowest BCUT2D eigenvalue weighted by Gasteiger charge is -1.89. The lowest BCUT2D eigenvalue weighted by atomic mass is 10.3. The van der Waals surface area contributed by atoms with E-state index in [1.165, 1.54) is 0 Å². The first-order valence-corrected chi connectivity index (χ1v) is 4.67. The molecule has 0 amide bonds. The van der Waals surface area contributed by atoms with Gasteiger partial charge in [-0.2, -0.15) is 0 Å². The van der Waals surface area contributed by atoms with Crippen molar-refractivity contribution in [1.29, 1.82) is 0 Å². The molecule has 0 atom stereocenters. The van der Waals surface area contributed by atoms with Gasteiger partial charge < -0.3 is 21.7 Å². The lowest BCUT2D eigenvalue weighted by molar-refractivity contribution is 0.475. The number of anilines is 2. The molecular formula is C12H14N2O2. The molecule has 4 nitrogen and oxygen atoms in total. The van der Waals surface area contributed by atoms with Crippen LogP contribution in [0, 0.1) is 0 Å². The first-order valence-electron chi connectivity index (χ1n) is 4.67. The van der Waals surface area contributed by atoms with Crippen molar-refractivity contribution in [2.75, 3.05) is 11.5 Å². The summed E-state index contributed by atoms with van der Waals surface area (Å²) in [6, 6.07) is 12.8. The maximum Gasteiger partial charge on any atom is 0.115 e. The Bertz CT molecular complexity index is 338. The average molecular weight is 218 g/mol. The van der Waals surface area contributed by atoms with E-state index in [-0.39, 0.29) is 11.5 Å². The third kappa shape index (κ3) is 4.23. The molecule has 0 heterocycles. The Labute approximate surface area is 93.8 Å². The largest absolute Gasteiger partial charge is 0.508 e. The van der Waals surface area contributed by atoms with E-state index in [4.69, 9.17) is 21.7 Å². The number of hydrogen-bond donors (Lipinski definition) is 4. The molecule has 2 aromatic carbocycles. The van der Waals surface area contributed by atoms with Gasteiger partial charge in [-0.05, 0) is 48.5 Å². The van der Waals surface area contributed by atoms with Crippen LogP contribution in [0.3, 0.4) is 0 Å². The standard InChI is InChI=1S/2C6H7NO/c2*7-5-1-3-6(8)4-2-5/h2*1-4,8H,7H2. The summed E-state index contributed by atoms with van der Waals surface area (Å²) < 4.78 is 0. The summed E-state index contributed by atoms with van der Waals surface area (Å²) in [6.07, 6.45) is 0. The monoisotopic (exact) mass is 218 g/mol. The lowest BCUT2D eigenvalue weighted by Crippen LogP contribution is -1.80. The zero-order valence-electron chi connectivity index (χ0n) is 8.67. The van der Waals surface area contributed by atoms with Gasteiger partial charge in [0.1, 0.15) is 11.5 Å². The first-order chi connectivity index (χ1) is 7.58. The van der Waals surface area contributed by atoms with E-state index in [1.807, 2.05) is 0 Å². The van der Waals surface area contributed by atoms with Crippen LogP contribution in [-0.2, 0) is 0 Å². The highest BCUT2D eigenvalue weighted by atomic mass is 16.3. The van der Waals surface area contributed by atoms with Crippen molar-refractivity contribution in [3.05, 3.63) is 48.5 Å². The summed E-state index contributed by atoms with van der Waals surface area (Å²) in [4.78, 5) is 0. The molecule has 0 spiro atoms. The van der Waals surface area contributed by atoms with Crippen LogP contribution >= 0.6 is 0 Å². The molecule has 0 unspecified atom stereocenters. The molecule has 0 bridgehead atoms. The van der Waals surface area contributed by atoms with Crippen molar-refractivity contribution in [3.8, 4) is 11.5 Å². The quantitative estimate of drug-likeness (QED) is 0.401. The van der Waals surface area contributed by atoms with Crippen LogP contribution < -0.4 is 11.5 Å². The van der Waals surface area contributed by atoms with E-state index < -0.39 is 0 Å². The van der Waals surface area contributed by atoms with Crippen LogP contribution in [0.4, 0.5) is 11.4 Å². The van der Waals surface area contributed by atoms with Gasteiger partial charge in [-0.1, -0.05) is 0 Å². The number of nitrogens with two attached hydrogens (primary N) is 2. The fraction of sp³-hybridized carbons (Fsp3) is 0. The number of nitrogen functional groups attached to an aromatic ring is 2. The maximum absolute atomic E-state index is 8.70. The van der Waals surface area contributed by atoms with E-state index in [1.54, 1.807) is 48.5 Å². The summed E-state index contributed by atoms with van der Waals surface area (Å²) >= 11 is 0. The number of aromatic hydroxyl groups is 2. The van der Waals surface area contributed by atoms with Crippen molar-refractivity contribution < 1.29 is 10.2 Å². The van der Waals surface area contributed by atoms with Crippen molar-refractivity contribution in [2.45, 2.75) is 0 Å². The Morgan fingerprint density at radius 3 is 1.00 bits per heavy atom. The first kappa shape index (κ1) is 11.7. The van der Waals surface area contributed by atoms with E-state index in [9.17, 15) is 0 Å². The fourth-order valence-electron chi connectivity index (χ4n) is 0.949. The second-order valence-corrected chi connectivity index (χ2v) is 3.18. The van der Waals surface area contributed by atoms with Crippen molar-refractivity contribution in [2.24, 2.45) is 0 Å². The van der Waals surface area contributed by atoms with E-state index in [2.05, 4.69) is 0 Å². The topological polar surface area (TPSA) is 92.5 Å². The molecule has 0 fully saturated rings. The van der Waals surface area contributed by atoms with Gasteiger partial charge >= 0.3 is 0 Å². The Hall–Kier alpha value is -2.36. The Morgan fingerprint density at radius 1 is 0.562 bits per heavy atom. The van der Waals surface area contributed by atoms with E-state index >= 15 is 0 Å². The Morgan fingerprint density at radius 2 is 0.812 bits per heavy atom. The average Bonchev–Trinajstić information content (AvgIpc) is 2.28. The summed E-state index contributed by atoms with van der Waals surface area (Å²) in [5.74, 6) is 0.499. The van der Waals surface area contributed by atoms with Crippen molar-refractivity contribution in [3.63, 3.8) is 0 Å². The second-order valence-electron chi connectivity index (χ2n) is 3.18. The van der Waals surface area contributed by atoms with Crippen LogP contribution in [0.15, 0.2) is 48.5 Å². The summed E-state index contributed by atoms with van der Waals surface area (Å²) in [5.41, 5.74) is 12.0. The SMILES string of the molecule is Nc1ccc(O)cc1.Nc1ccc(O)cc1. The summed E-state index contributed by atoms with van der Waals surface area (Å²) in [7, 11) is 0. The third-order valence-corrected chi connectivity index (χ3v) is 1.79. The molecule has 0 aliphatic rings. The normalized spacial score (nSPS) is 9.00. The molecule has 0 saturated heterocycles. The predicted octanol–water partition coefficient (Wildman–Crippen LogP) is 1.95.